The second-order valence-electron chi connectivity index (χ2n) is 5.04. The molecule has 0 radical (unpaired) electrons. The molecule has 0 fully saturated rings. The summed E-state index contributed by atoms with van der Waals surface area (Å²) >= 11 is 0. The van der Waals surface area contributed by atoms with Crippen LogP contribution in [-0.4, -0.2) is 22.0 Å². The third-order valence-corrected chi connectivity index (χ3v) is 3.56. The van der Waals surface area contributed by atoms with E-state index in [2.05, 4.69) is 10.3 Å². The molecule has 0 saturated heterocycles. The van der Waals surface area contributed by atoms with Gasteiger partial charge in [-0.1, -0.05) is 18.2 Å². The summed E-state index contributed by atoms with van der Waals surface area (Å²) in [6.07, 6.45) is 1.67. The van der Waals surface area contributed by atoms with E-state index in [1.165, 1.54) is 12.1 Å². The minimum Gasteiger partial charge on any atom is -0.478 e. The molecule has 3 rings (SSSR count). The van der Waals surface area contributed by atoms with Gasteiger partial charge in [-0.3, -0.25) is 4.79 Å². The largest absolute Gasteiger partial charge is 0.478 e. The highest BCUT2D eigenvalue weighted by molar-refractivity contribution is 6.13. The zero-order valence-corrected chi connectivity index (χ0v) is 11.9. The molecule has 0 saturated carbocycles. The smallest absolute Gasteiger partial charge is 0.335 e. The lowest BCUT2D eigenvalue weighted by Gasteiger charge is -2.08. The van der Waals surface area contributed by atoms with Crippen molar-refractivity contribution < 1.29 is 14.7 Å². The molecular weight excluding hydrogens is 280 g/mol. The van der Waals surface area contributed by atoms with Crippen LogP contribution < -0.4 is 5.32 Å². The molecule has 0 unspecified atom stereocenters. The number of fused-ring (bicyclic) bond motifs is 1. The monoisotopic (exact) mass is 294 g/mol. The Labute approximate surface area is 126 Å². The first-order valence-electron chi connectivity index (χ1n) is 6.77. The number of hydrogen-bond acceptors (Lipinski definition) is 2. The van der Waals surface area contributed by atoms with Crippen LogP contribution in [0, 0.1) is 6.92 Å². The standard InChI is InChI=1S/C17H14N2O3/c1-10-8-11(17(21)22)6-7-14(10)19-16(20)13-9-18-15-5-3-2-4-12(13)15/h2-9,18H,1H3,(H,19,20)(H,21,22). The summed E-state index contributed by atoms with van der Waals surface area (Å²) in [6.45, 7) is 1.76. The van der Waals surface area contributed by atoms with Crippen molar-refractivity contribution >= 4 is 28.5 Å². The molecule has 0 aliphatic rings. The lowest BCUT2D eigenvalue weighted by molar-refractivity contribution is 0.0696. The van der Waals surface area contributed by atoms with Gasteiger partial charge in [0.15, 0.2) is 0 Å². The van der Waals surface area contributed by atoms with Crippen LogP contribution in [0.15, 0.2) is 48.7 Å². The highest BCUT2D eigenvalue weighted by Gasteiger charge is 2.13. The predicted octanol–water partition coefficient (Wildman–Crippen LogP) is 3.43. The molecule has 3 aromatic rings. The number of para-hydroxylation sites is 1. The summed E-state index contributed by atoms with van der Waals surface area (Å²) in [5, 5.41) is 12.6. The average Bonchev–Trinajstić information content (AvgIpc) is 2.93. The lowest BCUT2D eigenvalue weighted by Crippen LogP contribution is -2.12. The second kappa shape index (κ2) is 5.37. The molecule has 2 aromatic carbocycles. The number of carboxylic acid groups (broad SMARTS) is 1. The Morgan fingerprint density at radius 3 is 2.64 bits per heavy atom. The number of hydrogen-bond donors (Lipinski definition) is 3. The molecule has 5 heteroatoms. The van der Waals surface area contributed by atoms with Gasteiger partial charge in [0.05, 0.1) is 11.1 Å². The van der Waals surface area contributed by atoms with E-state index in [9.17, 15) is 9.59 Å². The molecular formula is C17H14N2O3. The quantitative estimate of drug-likeness (QED) is 0.692. The van der Waals surface area contributed by atoms with E-state index in [0.717, 1.165) is 10.9 Å². The number of benzene rings is 2. The van der Waals surface area contributed by atoms with Crippen LogP contribution >= 0.6 is 0 Å². The molecule has 3 N–H and O–H groups in total. The first kappa shape index (κ1) is 13.9. The highest BCUT2D eigenvalue weighted by atomic mass is 16.4. The Morgan fingerprint density at radius 1 is 1.14 bits per heavy atom. The Kier molecular flexibility index (Phi) is 3.39. The molecule has 5 nitrogen and oxygen atoms in total. The topological polar surface area (TPSA) is 82.2 Å². The molecule has 1 aromatic heterocycles. The van der Waals surface area contributed by atoms with Crippen molar-refractivity contribution in [2.75, 3.05) is 5.32 Å². The fraction of sp³-hybridized carbons (Fsp3) is 0.0588. The van der Waals surface area contributed by atoms with E-state index < -0.39 is 5.97 Å². The Bertz CT molecular complexity index is 880. The van der Waals surface area contributed by atoms with Gasteiger partial charge in [0, 0.05) is 22.8 Å². The molecule has 0 bridgehead atoms. The van der Waals surface area contributed by atoms with Crippen molar-refractivity contribution in [3.63, 3.8) is 0 Å². The molecule has 0 aliphatic carbocycles. The number of amides is 1. The Hall–Kier alpha value is -3.08. The summed E-state index contributed by atoms with van der Waals surface area (Å²) in [6, 6.07) is 12.2. The van der Waals surface area contributed by atoms with Gasteiger partial charge in [0.2, 0.25) is 0 Å². The molecule has 0 atom stereocenters. The minimum atomic E-state index is -0.988. The van der Waals surface area contributed by atoms with Crippen LogP contribution in [0.5, 0.6) is 0 Å². The Balaban J connectivity index is 1.90. The third-order valence-electron chi connectivity index (χ3n) is 3.56. The van der Waals surface area contributed by atoms with Crippen molar-refractivity contribution in [3.05, 3.63) is 65.4 Å². The second-order valence-corrected chi connectivity index (χ2v) is 5.04. The van der Waals surface area contributed by atoms with Gasteiger partial charge in [-0.15, -0.1) is 0 Å². The summed E-state index contributed by atoms with van der Waals surface area (Å²) < 4.78 is 0. The van der Waals surface area contributed by atoms with E-state index in [1.54, 1.807) is 19.2 Å². The lowest BCUT2D eigenvalue weighted by atomic mass is 10.1. The summed E-state index contributed by atoms with van der Waals surface area (Å²) in [5.41, 5.74) is 2.94. The number of H-pyrrole nitrogens is 1. The maximum Gasteiger partial charge on any atom is 0.335 e. The van der Waals surface area contributed by atoms with Gasteiger partial charge in [-0.25, -0.2) is 4.79 Å². The normalized spacial score (nSPS) is 10.6. The fourth-order valence-electron chi connectivity index (χ4n) is 2.39. The fourth-order valence-corrected chi connectivity index (χ4v) is 2.39. The van der Waals surface area contributed by atoms with Crippen LogP contribution in [0.25, 0.3) is 10.9 Å². The van der Waals surface area contributed by atoms with Crippen molar-refractivity contribution in [3.8, 4) is 0 Å². The van der Waals surface area contributed by atoms with Crippen LogP contribution in [0.3, 0.4) is 0 Å². The predicted molar refractivity (Wildman–Crippen MR) is 84.4 cm³/mol. The van der Waals surface area contributed by atoms with Gasteiger partial charge in [-0.05, 0) is 36.8 Å². The van der Waals surface area contributed by atoms with E-state index in [1.807, 2.05) is 24.3 Å². The van der Waals surface area contributed by atoms with Crippen LogP contribution in [-0.2, 0) is 0 Å². The van der Waals surface area contributed by atoms with E-state index >= 15 is 0 Å². The first-order chi connectivity index (χ1) is 10.6. The number of rotatable bonds is 3. The number of aromatic carboxylic acids is 1. The maximum absolute atomic E-state index is 12.4. The molecule has 0 aliphatic heterocycles. The van der Waals surface area contributed by atoms with Gasteiger partial charge in [0.1, 0.15) is 0 Å². The minimum absolute atomic E-state index is 0.197. The SMILES string of the molecule is Cc1cc(C(=O)O)ccc1NC(=O)c1c[nH]c2ccccc12. The van der Waals surface area contributed by atoms with E-state index in [0.29, 0.717) is 16.8 Å². The molecule has 1 heterocycles. The maximum atomic E-state index is 12.4. The van der Waals surface area contributed by atoms with Gasteiger partial charge >= 0.3 is 5.97 Å². The van der Waals surface area contributed by atoms with E-state index in [4.69, 9.17) is 5.11 Å². The number of carbonyl (C=O) groups is 2. The van der Waals surface area contributed by atoms with Crippen molar-refractivity contribution in [2.24, 2.45) is 0 Å². The first-order valence-corrected chi connectivity index (χ1v) is 6.77. The van der Waals surface area contributed by atoms with Crippen molar-refractivity contribution in [1.29, 1.82) is 0 Å². The number of carbonyl (C=O) groups excluding carboxylic acids is 1. The van der Waals surface area contributed by atoms with Crippen molar-refractivity contribution in [1.82, 2.24) is 4.98 Å². The number of nitrogens with one attached hydrogen (secondary N) is 2. The van der Waals surface area contributed by atoms with Crippen molar-refractivity contribution in [2.45, 2.75) is 6.92 Å². The van der Waals surface area contributed by atoms with Crippen LogP contribution in [0.2, 0.25) is 0 Å². The van der Waals surface area contributed by atoms with Gasteiger partial charge < -0.3 is 15.4 Å². The molecule has 0 spiro atoms. The van der Waals surface area contributed by atoms with E-state index in [-0.39, 0.29) is 11.5 Å². The van der Waals surface area contributed by atoms with Crippen LogP contribution in [0.1, 0.15) is 26.3 Å². The van der Waals surface area contributed by atoms with Crippen LogP contribution in [0.4, 0.5) is 5.69 Å². The number of aryl methyl sites for hydroxylation is 1. The third kappa shape index (κ3) is 2.44. The number of carboxylic acids is 1. The van der Waals surface area contributed by atoms with Gasteiger partial charge in [-0.2, -0.15) is 0 Å². The highest BCUT2D eigenvalue weighted by Crippen LogP contribution is 2.21. The molecule has 110 valence electrons. The molecule has 22 heavy (non-hydrogen) atoms. The summed E-state index contributed by atoms with van der Waals surface area (Å²) in [4.78, 5) is 26.4. The zero-order valence-electron chi connectivity index (χ0n) is 11.9. The summed E-state index contributed by atoms with van der Waals surface area (Å²) in [7, 11) is 0. The van der Waals surface area contributed by atoms with Gasteiger partial charge in [0.25, 0.3) is 5.91 Å². The Morgan fingerprint density at radius 2 is 1.91 bits per heavy atom. The average molecular weight is 294 g/mol. The molecule has 1 amide bonds. The number of aromatic amines is 1. The summed E-state index contributed by atoms with van der Waals surface area (Å²) in [5.74, 6) is -1.22. The number of anilines is 1. The number of aromatic nitrogens is 1. The zero-order chi connectivity index (χ0) is 15.7.